The monoisotopic (exact) mass is 370 g/mol. The Morgan fingerprint density at radius 1 is 1.15 bits per heavy atom. The molecule has 1 heterocycles. The van der Waals surface area contributed by atoms with Crippen LogP contribution in [0.1, 0.15) is 19.4 Å². The first kappa shape index (κ1) is 18.9. The Morgan fingerprint density at radius 2 is 1.89 bits per heavy atom. The van der Waals surface area contributed by atoms with Crippen LogP contribution < -0.4 is 19.5 Å². The van der Waals surface area contributed by atoms with E-state index < -0.39 is 0 Å². The number of amides is 2. The highest BCUT2D eigenvalue weighted by atomic mass is 16.6. The third-order valence-electron chi connectivity index (χ3n) is 4.36. The Labute approximate surface area is 160 Å². The molecule has 27 heavy (non-hydrogen) atoms. The summed E-state index contributed by atoms with van der Waals surface area (Å²) in [6, 6.07) is 15.2. The number of ether oxygens (including phenoxy) is 3. The van der Waals surface area contributed by atoms with E-state index in [9.17, 15) is 4.79 Å². The zero-order valence-corrected chi connectivity index (χ0v) is 15.8. The average Bonchev–Trinajstić information content (AvgIpc) is 2.71. The van der Waals surface area contributed by atoms with Crippen molar-refractivity contribution in [1.82, 2.24) is 10.2 Å². The third-order valence-corrected chi connectivity index (χ3v) is 4.36. The highest BCUT2D eigenvalue weighted by Gasteiger charge is 2.24. The number of urea groups is 1. The van der Waals surface area contributed by atoms with Crippen LogP contribution in [0, 0.1) is 0 Å². The van der Waals surface area contributed by atoms with Crippen LogP contribution in [0.25, 0.3) is 0 Å². The molecule has 0 saturated heterocycles. The van der Waals surface area contributed by atoms with Gasteiger partial charge in [-0.2, -0.15) is 0 Å². The lowest BCUT2D eigenvalue weighted by molar-refractivity contribution is 0.0675. The molecule has 6 nitrogen and oxygen atoms in total. The third kappa shape index (κ3) is 4.84. The second kappa shape index (κ2) is 9.16. The first-order valence-electron chi connectivity index (χ1n) is 9.33. The molecule has 1 aliphatic rings. The summed E-state index contributed by atoms with van der Waals surface area (Å²) in [4.78, 5) is 14.3. The minimum Gasteiger partial charge on any atom is -0.494 e. The first-order chi connectivity index (χ1) is 13.2. The Morgan fingerprint density at radius 3 is 2.67 bits per heavy atom. The van der Waals surface area contributed by atoms with Gasteiger partial charge in [-0.1, -0.05) is 30.3 Å². The molecule has 2 amide bonds. The number of likely N-dealkylation sites (N-methyl/N-ethyl adjacent to an activating group) is 1. The second-order valence-corrected chi connectivity index (χ2v) is 6.24. The van der Waals surface area contributed by atoms with Gasteiger partial charge in [-0.3, -0.25) is 0 Å². The Bertz CT molecular complexity index is 765. The van der Waals surface area contributed by atoms with Crippen molar-refractivity contribution in [2.24, 2.45) is 0 Å². The number of para-hydroxylation sites is 3. The molecule has 144 valence electrons. The van der Waals surface area contributed by atoms with Gasteiger partial charge < -0.3 is 24.4 Å². The van der Waals surface area contributed by atoms with Gasteiger partial charge >= 0.3 is 6.03 Å². The highest BCUT2D eigenvalue weighted by molar-refractivity contribution is 5.74. The normalized spacial score (nSPS) is 15.1. The summed E-state index contributed by atoms with van der Waals surface area (Å²) in [5.74, 6) is 2.26. The van der Waals surface area contributed by atoms with Crippen LogP contribution >= 0.6 is 0 Å². The quantitative estimate of drug-likeness (QED) is 0.811. The van der Waals surface area contributed by atoms with Crippen LogP contribution in [-0.4, -0.2) is 43.3 Å². The van der Waals surface area contributed by atoms with Gasteiger partial charge in [0, 0.05) is 18.7 Å². The molecule has 0 aromatic heterocycles. The molecule has 2 aromatic carbocycles. The van der Waals surface area contributed by atoms with Gasteiger partial charge in [0.2, 0.25) is 0 Å². The van der Waals surface area contributed by atoms with Gasteiger partial charge in [-0.15, -0.1) is 0 Å². The summed E-state index contributed by atoms with van der Waals surface area (Å²) < 4.78 is 17.3. The molecule has 1 N–H and O–H groups in total. The van der Waals surface area contributed by atoms with E-state index >= 15 is 0 Å². The second-order valence-electron chi connectivity index (χ2n) is 6.24. The molecule has 0 saturated carbocycles. The predicted octanol–water partition coefficient (Wildman–Crippen LogP) is 3.46. The van der Waals surface area contributed by atoms with Crippen LogP contribution in [0.3, 0.4) is 0 Å². The fraction of sp³-hybridized carbons (Fsp3) is 0.381. The number of nitrogens with one attached hydrogen (secondary N) is 1. The minimum atomic E-state index is -0.193. The molecule has 0 radical (unpaired) electrons. The van der Waals surface area contributed by atoms with E-state index in [1.165, 1.54) is 0 Å². The number of carbonyl (C=O) groups excluding carboxylic acids is 1. The number of hydrogen-bond acceptors (Lipinski definition) is 4. The number of rotatable bonds is 7. The minimum absolute atomic E-state index is 0.133. The van der Waals surface area contributed by atoms with Crippen LogP contribution in [0.2, 0.25) is 0 Å². The lowest BCUT2D eigenvalue weighted by Gasteiger charge is -2.31. The fourth-order valence-corrected chi connectivity index (χ4v) is 2.98. The number of nitrogens with zero attached hydrogens (tertiary/aromatic N) is 1. The Balaban J connectivity index is 1.56. The number of benzene rings is 2. The molecule has 0 aliphatic carbocycles. The van der Waals surface area contributed by atoms with Crippen LogP contribution in [0.4, 0.5) is 4.79 Å². The fourth-order valence-electron chi connectivity index (χ4n) is 2.98. The molecule has 0 fully saturated rings. The summed E-state index contributed by atoms with van der Waals surface area (Å²) in [6.07, 6.45) is -0.193. The van der Waals surface area contributed by atoms with E-state index in [0.717, 1.165) is 22.8 Å². The van der Waals surface area contributed by atoms with Gasteiger partial charge in [0.25, 0.3) is 0 Å². The van der Waals surface area contributed by atoms with Crippen molar-refractivity contribution < 1.29 is 19.0 Å². The molecule has 1 aliphatic heterocycles. The maximum absolute atomic E-state index is 12.6. The molecule has 2 aromatic rings. The van der Waals surface area contributed by atoms with E-state index in [2.05, 4.69) is 5.32 Å². The summed E-state index contributed by atoms with van der Waals surface area (Å²) in [5.41, 5.74) is 0.954. The van der Waals surface area contributed by atoms with E-state index in [1.54, 1.807) is 4.90 Å². The van der Waals surface area contributed by atoms with Gasteiger partial charge in [0.15, 0.2) is 17.6 Å². The molecular weight excluding hydrogens is 344 g/mol. The van der Waals surface area contributed by atoms with Crippen molar-refractivity contribution in [1.29, 1.82) is 0 Å². The first-order valence-corrected chi connectivity index (χ1v) is 9.33. The van der Waals surface area contributed by atoms with Crippen LogP contribution in [0.15, 0.2) is 48.5 Å². The van der Waals surface area contributed by atoms with Gasteiger partial charge in [-0.25, -0.2) is 4.79 Å². The van der Waals surface area contributed by atoms with E-state index in [1.807, 2.05) is 62.4 Å². The van der Waals surface area contributed by atoms with Gasteiger partial charge in [-0.05, 0) is 32.0 Å². The SMILES string of the molecule is CCOc1ccccc1CNC(=O)N(CC)CC1COc2ccccc2O1. The van der Waals surface area contributed by atoms with Crippen molar-refractivity contribution in [3.8, 4) is 17.2 Å². The van der Waals surface area contributed by atoms with E-state index in [4.69, 9.17) is 14.2 Å². The summed E-state index contributed by atoms with van der Waals surface area (Å²) >= 11 is 0. The largest absolute Gasteiger partial charge is 0.494 e. The summed E-state index contributed by atoms with van der Waals surface area (Å²) in [5, 5.41) is 2.97. The molecule has 0 spiro atoms. The number of carbonyl (C=O) groups is 1. The van der Waals surface area contributed by atoms with Gasteiger partial charge in [0.05, 0.1) is 13.2 Å². The van der Waals surface area contributed by atoms with Crippen molar-refractivity contribution in [3.63, 3.8) is 0 Å². The highest BCUT2D eigenvalue weighted by Crippen LogP contribution is 2.31. The number of hydrogen-bond donors (Lipinski definition) is 1. The average molecular weight is 370 g/mol. The molecule has 1 atom stereocenters. The molecular formula is C21H26N2O4. The lowest BCUT2D eigenvalue weighted by Crippen LogP contribution is -2.47. The van der Waals surface area contributed by atoms with Crippen molar-refractivity contribution in [3.05, 3.63) is 54.1 Å². The Kier molecular flexibility index (Phi) is 6.41. The standard InChI is InChI=1S/C21H26N2O4/c1-3-23(14-17-15-26-19-11-7-8-12-20(19)27-17)21(24)22-13-16-9-5-6-10-18(16)25-4-2/h5-12,17H,3-4,13-15H2,1-2H3,(H,22,24). The smallest absolute Gasteiger partial charge is 0.317 e. The molecule has 6 heteroatoms. The van der Waals surface area contributed by atoms with Crippen LogP contribution in [-0.2, 0) is 6.54 Å². The summed E-state index contributed by atoms with van der Waals surface area (Å²) in [7, 11) is 0. The van der Waals surface area contributed by atoms with E-state index in [0.29, 0.717) is 32.8 Å². The van der Waals surface area contributed by atoms with E-state index in [-0.39, 0.29) is 12.1 Å². The lowest BCUT2D eigenvalue weighted by atomic mass is 10.2. The predicted molar refractivity (Wildman–Crippen MR) is 103 cm³/mol. The topological polar surface area (TPSA) is 60.0 Å². The van der Waals surface area contributed by atoms with Gasteiger partial charge in [0.1, 0.15) is 12.4 Å². The van der Waals surface area contributed by atoms with Crippen molar-refractivity contribution in [2.45, 2.75) is 26.5 Å². The maximum Gasteiger partial charge on any atom is 0.317 e. The molecule has 3 rings (SSSR count). The molecule has 1 unspecified atom stereocenters. The zero-order valence-electron chi connectivity index (χ0n) is 15.8. The Hall–Kier alpha value is -2.89. The number of fused-ring (bicyclic) bond motifs is 1. The molecule has 0 bridgehead atoms. The zero-order chi connectivity index (χ0) is 19.1. The van der Waals surface area contributed by atoms with Crippen molar-refractivity contribution >= 4 is 6.03 Å². The maximum atomic E-state index is 12.6. The van der Waals surface area contributed by atoms with Crippen molar-refractivity contribution in [2.75, 3.05) is 26.3 Å². The van der Waals surface area contributed by atoms with Crippen LogP contribution in [0.5, 0.6) is 17.2 Å². The summed E-state index contributed by atoms with van der Waals surface area (Å²) in [6.45, 7) is 6.37.